The maximum atomic E-state index is 12.8. The van der Waals surface area contributed by atoms with E-state index in [4.69, 9.17) is 16.0 Å². The van der Waals surface area contributed by atoms with Crippen LogP contribution in [0.3, 0.4) is 0 Å². The number of nitrogens with zero attached hydrogens (tertiary/aromatic N) is 2. The quantitative estimate of drug-likeness (QED) is 0.584. The molecule has 1 saturated heterocycles. The van der Waals surface area contributed by atoms with E-state index in [1.807, 2.05) is 41.3 Å². The topological polar surface area (TPSA) is 53.8 Å². The first kappa shape index (κ1) is 19.3. The molecule has 5 nitrogen and oxygen atoms in total. The molecule has 2 heterocycles. The zero-order valence-corrected chi connectivity index (χ0v) is 16.9. The number of carbonyl (C=O) groups excluding carboxylic acids is 2. The van der Waals surface area contributed by atoms with Gasteiger partial charge in [0.05, 0.1) is 0 Å². The highest BCUT2D eigenvalue weighted by Gasteiger charge is 2.24. The second-order valence-corrected chi connectivity index (χ2v) is 7.49. The molecule has 29 heavy (non-hydrogen) atoms. The molecule has 0 bridgehead atoms. The Morgan fingerprint density at radius 2 is 1.66 bits per heavy atom. The Kier molecular flexibility index (Phi) is 5.41. The summed E-state index contributed by atoms with van der Waals surface area (Å²) in [6, 6.07) is 18.4. The minimum atomic E-state index is -0.109. The molecule has 0 N–H and O–H groups in total. The van der Waals surface area contributed by atoms with Crippen LogP contribution in [0.1, 0.15) is 27.8 Å². The number of amides is 1. The number of ketones is 1. The summed E-state index contributed by atoms with van der Waals surface area (Å²) >= 11 is 6.08. The van der Waals surface area contributed by atoms with E-state index in [9.17, 15) is 9.59 Å². The molecule has 0 unspecified atom stereocenters. The molecule has 1 aromatic heterocycles. The molecule has 1 aliphatic rings. The fourth-order valence-corrected chi connectivity index (χ4v) is 3.66. The molecule has 0 spiro atoms. The fourth-order valence-electron chi connectivity index (χ4n) is 3.47. The number of anilines is 1. The number of piperazine rings is 1. The lowest BCUT2D eigenvalue weighted by Crippen LogP contribution is -2.48. The summed E-state index contributed by atoms with van der Waals surface area (Å²) in [5.41, 5.74) is 2.55. The van der Waals surface area contributed by atoms with Gasteiger partial charge in [-0.2, -0.15) is 0 Å². The van der Waals surface area contributed by atoms with Crippen molar-refractivity contribution in [1.82, 2.24) is 4.90 Å². The van der Waals surface area contributed by atoms with Gasteiger partial charge in [0, 0.05) is 48.0 Å². The SMILES string of the molecule is CC(=O)c1ccc(-c2ccc(C(=O)N3CCN(c4cccc(Cl)c4)CC3)o2)cc1. The third-order valence-corrected chi connectivity index (χ3v) is 5.37. The normalized spacial score (nSPS) is 14.1. The van der Waals surface area contributed by atoms with Gasteiger partial charge in [-0.3, -0.25) is 9.59 Å². The Bertz CT molecular complexity index is 1030. The van der Waals surface area contributed by atoms with Gasteiger partial charge >= 0.3 is 0 Å². The van der Waals surface area contributed by atoms with Crippen molar-refractivity contribution in [3.05, 3.63) is 77.0 Å². The maximum absolute atomic E-state index is 12.8. The Morgan fingerprint density at radius 1 is 0.931 bits per heavy atom. The minimum absolute atomic E-state index is 0.0174. The van der Waals surface area contributed by atoms with Gasteiger partial charge in [-0.05, 0) is 37.3 Å². The lowest BCUT2D eigenvalue weighted by atomic mass is 10.1. The van der Waals surface area contributed by atoms with Gasteiger partial charge in [-0.1, -0.05) is 41.9 Å². The molecule has 0 saturated carbocycles. The number of hydrogen-bond acceptors (Lipinski definition) is 4. The summed E-state index contributed by atoms with van der Waals surface area (Å²) in [5.74, 6) is 0.846. The molecule has 148 valence electrons. The first-order valence-electron chi connectivity index (χ1n) is 9.52. The summed E-state index contributed by atoms with van der Waals surface area (Å²) < 4.78 is 5.81. The van der Waals surface area contributed by atoms with Crippen molar-refractivity contribution in [2.45, 2.75) is 6.92 Å². The van der Waals surface area contributed by atoms with Gasteiger partial charge < -0.3 is 14.2 Å². The zero-order valence-electron chi connectivity index (χ0n) is 16.1. The average Bonchev–Trinajstić information content (AvgIpc) is 3.24. The number of furan rings is 1. The van der Waals surface area contributed by atoms with Crippen molar-refractivity contribution in [3.8, 4) is 11.3 Å². The molecule has 1 fully saturated rings. The van der Waals surface area contributed by atoms with E-state index in [0.29, 0.717) is 35.2 Å². The van der Waals surface area contributed by atoms with Crippen LogP contribution in [-0.2, 0) is 0 Å². The minimum Gasteiger partial charge on any atom is -0.451 e. The molecule has 6 heteroatoms. The Labute approximate surface area is 174 Å². The predicted molar refractivity (Wildman–Crippen MR) is 114 cm³/mol. The molecule has 2 aromatic carbocycles. The maximum Gasteiger partial charge on any atom is 0.289 e. The lowest BCUT2D eigenvalue weighted by Gasteiger charge is -2.35. The molecule has 3 aromatic rings. The predicted octanol–water partition coefficient (Wildman–Crippen LogP) is 4.77. The van der Waals surface area contributed by atoms with Crippen LogP contribution in [0.15, 0.2) is 65.1 Å². The number of Topliss-reactive ketones (excluding diaryl/α,β-unsaturated/α-hetero) is 1. The summed E-state index contributed by atoms with van der Waals surface area (Å²) in [6.07, 6.45) is 0. The van der Waals surface area contributed by atoms with E-state index < -0.39 is 0 Å². The number of carbonyl (C=O) groups is 2. The van der Waals surface area contributed by atoms with Crippen LogP contribution in [0, 0.1) is 0 Å². The van der Waals surface area contributed by atoms with Gasteiger partial charge in [0.25, 0.3) is 5.91 Å². The zero-order chi connectivity index (χ0) is 20.4. The van der Waals surface area contributed by atoms with Crippen LogP contribution in [0.4, 0.5) is 5.69 Å². The van der Waals surface area contributed by atoms with E-state index in [0.717, 1.165) is 24.3 Å². The molecule has 4 rings (SSSR count). The number of benzene rings is 2. The lowest BCUT2D eigenvalue weighted by molar-refractivity contribution is 0.0715. The molecular weight excluding hydrogens is 388 g/mol. The number of halogens is 1. The monoisotopic (exact) mass is 408 g/mol. The van der Waals surface area contributed by atoms with E-state index in [-0.39, 0.29) is 11.7 Å². The smallest absolute Gasteiger partial charge is 0.289 e. The van der Waals surface area contributed by atoms with Gasteiger partial charge in [-0.15, -0.1) is 0 Å². The van der Waals surface area contributed by atoms with Crippen LogP contribution >= 0.6 is 11.6 Å². The highest BCUT2D eigenvalue weighted by atomic mass is 35.5. The second kappa shape index (κ2) is 8.13. The summed E-state index contributed by atoms with van der Waals surface area (Å²) in [5, 5.41) is 0.709. The molecule has 0 aliphatic carbocycles. The van der Waals surface area contributed by atoms with Gasteiger partial charge in [0.15, 0.2) is 11.5 Å². The molecule has 1 amide bonds. The van der Waals surface area contributed by atoms with E-state index in [1.165, 1.54) is 6.92 Å². The van der Waals surface area contributed by atoms with Gasteiger partial charge in [-0.25, -0.2) is 0 Å². The summed E-state index contributed by atoms with van der Waals surface area (Å²) in [6.45, 7) is 4.26. The molecule has 0 atom stereocenters. The van der Waals surface area contributed by atoms with Gasteiger partial charge in [0.1, 0.15) is 5.76 Å². The Hall–Kier alpha value is -3.05. The van der Waals surface area contributed by atoms with Crippen LogP contribution < -0.4 is 4.90 Å². The third-order valence-electron chi connectivity index (χ3n) is 5.13. The highest BCUT2D eigenvalue weighted by Crippen LogP contribution is 2.25. The van der Waals surface area contributed by atoms with Crippen LogP contribution in [0.25, 0.3) is 11.3 Å². The van der Waals surface area contributed by atoms with E-state index >= 15 is 0 Å². The number of rotatable bonds is 4. The van der Waals surface area contributed by atoms with Crippen LogP contribution in [0.5, 0.6) is 0 Å². The van der Waals surface area contributed by atoms with Crippen molar-refractivity contribution in [2.75, 3.05) is 31.1 Å². The third kappa shape index (κ3) is 4.20. The Morgan fingerprint density at radius 3 is 2.31 bits per heavy atom. The number of hydrogen-bond donors (Lipinski definition) is 0. The molecule has 1 aliphatic heterocycles. The fraction of sp³-hybridized carbons (Fsp3) is 0.217. The first-order chi connectivity index (χ1) is 14.0. The summed E-state index contributed by atoms with van der Waals surface area (Å²) in [7, 11) is 0. The summed E-state index contributed by atoms with van der Waals surface area (Å²) in [4.78, 5) is 28.3. The van der Waals surface area contributed by atoms with Crippen molar-refractivity contribution in [1.29, 1.82) is 0 Å². The molecular formula is C23H21ClN2O3. The Balaban J connectivity index is 1.41. The van der Waals surface area contributed by atoms with Crippen molar-refractivity contribution in [2.24, 2.45) is 0 Å². The average molecular weight is 409 g/mol. The van der Waals surface area contributed by atoms with Crippen LogP contribution in [0.2, 0.25) is 5.02 Å². The molecule has 0 radical (unpaired) electrons. The highest BCUT2D eigenvalue weighted by molar-refractivity contribution is 6.30. The largest absolute Gasteiger partial charge is 0.451 e. The van der Waals surface area contributed by atoms with E-state index in [2.05, 4.69) is 4.90 Å². The van der Waals surface area contributed by atoms with Crippen molar-refractivity contribution < 1.29 is 14.0 Å². The van der Waals surface area contributed by atoms with Crippen molar-refractivity contribution >= 4 is 29.0 Å². The van der Waals surface area contributed by atoms with Crippen LogP contribution in [-0.4, -0.2) is 42.8 Å². The second-order valence-electron chi connectivity index (χ2n) is 7.06. The van der Waals surface area contributed by atoms with Crippen molar-refractivity contribution in [3.63, 3.8) is 0 Å². The van der Waals surface area contributed by atoms with Gasteiger partial charge in [0.2, 0.25) is 0 Å². The first-order valence-corrected chi connectivity index (χ1v) is 9.90. The standard InChI is InChI=1S/C23H21ClN2O3/c1-16(27)17-5-7-18(8-6-17)21-9-10-22(29-21)23(28)26-13-11-25(12-14-26)20-4-2-3-19(24)15-20/h2-10,15H,11-14H2,1H3. The van der Waals surface area contributed by atoms with E-state index in [1.54, 1.807) is 24.3 Å².